The zero-order chi connectivity index (χ0) is 32.4. The maximum atomic E-state index is 14.2. The molecule has 0 saturated heterocycles. The summed E-state index contributed by atoms with van der Waals surface area (Å²) in [6, 6.07) is 11.8. The first kappa shape index (κ1) is 34.2. The summed E-state index contributed by atoms with van der Waals surface area (Å²) in [4.78, 5) is 0.594. The number of rotatable bonds is 10. The summed E-state index contributed by atoms with van der Waals surface area (Å²) in [6.07, 6.45) is -14.8. The maximum absolute atomic E-state index is 14.2. The Morgan fingerprint density at radius 2 is 1.33 bits per heavy atom. The summed E-state index contributed by atoms with van der Waals surface area (Å²) in [7, 11) is 0. The Labute approximate surface area is 238 Å². The largest absolute Gasteiger partial charge is 0.460 e. The van der Waals surface area contributed by atoms with Gasteiger partial charge in [0.2, 0.25) is 0 Å². The third-order valence-corrected chi connectivity index (χ3v) is 6.38. The third kappa shape index (κ3) is 8.61. The number of thioether (sulfide) groups is 1. The number of alkyl halides is 13. The Balaban J connectivity index is 1.89. The smallest absolute Gasteiger partial charge is 0.457 e. The molecule has 0 amide bonds. The Bertz CT molecular complexity index is 1370. The van der Waals surface area contributed by atoms with Gasteiger partial charge in [0.1, 0.15) is 11.5 Å². The lowest BCUT2D eigenvalue weighted by Crippen LogP contribution is -2.50. The topological polar surface area (TPSA) is 32.7 Å². The Hall–Kier alpha value is -3.34. The zero-order valence-corrected chi connectivity index (χ0v) is 21.9. The van der Waals surface area contributed by atoms with Crippen LogP contribution in [0.3, 0.4) is 0 Å². The highest BCUT2D eigenvalue weighted by molar-refractivity contribution is 8.00. The molecule has 43 heavy (non-hydrogen) atoms. The van der Waals surface area contributed by atoms with E-state index < -0.39 is 71.8 Å². The first-order chi connectivity index (χ1) is 19.6. The van der Waals surface area contributed by atoms with Crippen molar-refractivity contribution in [2.24, 2.45) is 0 Å². The summed E-state index contributed by atoms with van der Waals surface area (Å²) < 4.78 is 176. The minimum Gasteiger partial charge on any atom is -0.457 e. The zero-order valence-electron chi connectivity index (χ0n) is 21.0. The summed E-state index contributed by atoms with van der Waals surface area (Å²) in [5.41, 5.74) is -6.82. The number of hydrogen-bond acceptors (Lipinski definition) is 4. The predicted molar refractivity (Wildman–Crippen MR) is 129 cm³/mol. The Morgan fingerprint density at radius 1 is 0.721 bits per heavy atom. The molecule has 0 unspecified atom stereocenters. The van der Waals surface area contributed by atoms with Crippen LogP contribution in [0, 0.1) is 0 Å². The van der Waals surface area contributed by atoms with Crippen LogP contribution < -0.4 is 9.64 Å². The molecule has 0 aliphatic carbocycles. The van der Waals surface area contributed by atoms with E-state index in [0.29, 0.717) is 12.1 Å². The number of hydrogen-bond donors (Lipinski definition) is 1. The van der Waals surface area contributed by atoms with Crippen LogP contribution in [0.5, 0.6) is 11.5 Å². The highest BCUT2D eigenvalue weighted by atomic mass is 32.2. The fraction of sp³-hybridized carbons (Fsp3) is 0.308. The SMILES string of the molecule is O[C@H](CN(Cc1cccc(C(F)(F)C(F)(F)C(F)(F)F)c1)c1ccc(Oc2cccc(SC(F)(F)F)c2)cc1)C(F)(F)F. The molecule has 3 rings (SSSR count). The van der Waals surface area contributed by atoms with Crippen LogP contribution in [-0.4, -0.2) is 41.5 Å². The summed E-state index contributed by atoms with van der Waals surface area (Å²) >= 11 is -0.401. The molecule has 3 nitrogen and oxygen atoms in total. The van der Waals surface area contributed by atoms with Gasteiger partial charge in [-0.3, -0.25) is 0 Å². The van der Waals surface area contributed by atoms with E-state index in [1.807, 2.05) is 0 Å². The van der Waals surface area contributed by atoms with Gasteiger partial charge in [-0.25, -0.2) is 0 Å². The van der Waals surface area contributed by atoms with E-state index >= 15 is 0 Å². The normalized spacial score (nSPS) is 14.0. The molecule has 0 saturated carbocycles. The van der Waals surface area contributed by atoms with Crippen molar-refractivity contribution >= 4 is 17.4 Å². The molecule has 0 aromatic heterocycles. The molecule has 3 aromatic carbocycles. The number of anilines is 1. The van der Waals surface area contributed by atoms with Gasteiger partial charge in [0.25, 0.3) is 0 Å². The fourth-order valence-electron chi connectivity index (χ4n) is 3.61. The van der Waals surface area contributed by atoms with Crippen molar-refractivity contribution < 1.29 is 66.9 Å². The van der Waals surface area contributed by atoms with Crippen molar-refractivity contribution in [1.82, 2.24) is 0 Å². The van der Waals surface area contributed by atoms with Gasteiger partial charge >= 0.3 is 29.7 Å². The van der Waals surface area contributed by atoms with Gasteiger partial charge < -0.3 is 14.7 Å². The summed E-state index contributed by atoms with van der Waals surface area (Å²) in [6.45, 7) is -1.97. The van der Waals surface area contributed by atoms with Gasteiger partial charge in [0, 0.05) is 22.7 Å². The second-order valence-corrected chi connectivity index (χ2v) is 10.0. The highest BCUT2D eigenvalue weighted by Crippen LogP contribution is 2.52. The van der Waals surface area contributed by atoms with E-state index in [0.717, 1.165) is 29.2 Å². The quantitative estimate of drug-likeness (QED) is 0.174. The van der Waals surface area contributed by atoms with E-state index in [1.165, 1.54) is 30.3 Å². The van der Waals surface area contributed by atoms with Crippen molar-refractivity contribution in [3.05, 3.63) is 83.9 Å². The van der Waals surface area contributed by atoms with Crippen LogP contribution in [0.1, 0.15) is 11.1 Å². The Kier molecular flexibility index (Phi) is 9.80. The van der Waals surface area contributed by atoms with Gasteiger partial charge in [0.05, 0.1) is 6.54 Å². The van der Waals surface area contributed by atoms with Crippen molar-refractivity contribution in [2.45, 2.75) is 47.3 Å². The Morgan fingerprint density at radius 3 is 1.88 bits per heavy atom. The molecule has 0 radical (unpaired) electrons. The van der Waals surface area contributed by atoms with E-state index in [-0.39, 0.29) is 28.1 Å². The molecule has 0 aliphatic heterocycles. The van der Waals surface area contributed by atoms with Crippen molar-refractivity contribution in [3.8, 4) is 11.5 Å². The molecule has 0 heterocycles. The van der Waals surface area contributed by atoms with Gasteiger partial charge in [-0.05, 0) is 65.9 Å². The average Bonchev–Trinajstić information content (AvgIpc) is 2.87. The summed E-state index contributed by atoms with van der Waals surface area (Å²) in [5, 5.41) is 9.61. The molecular formula is C26H18F13NO2S. The maximum Gasteiger partial charge on any atom is 0.460 e. The third-order valence-electron chi connectivity index (χ3n) is 5.66. The molecular weight excluding hydrogens is 637 g/mol. The van der Waals surface area contributed by atoms with Crippen LogP contribution in [0.15, 0.2) is 77.7 Å². The minimum atomic E-state index is -6.61. The standard InChI is InChI=1S/C26H18F13NO2S/c27-22(28,24(32,33)25(34,35)36)16-4-1-3-15(11-16)13-40(14-21(41)23(29,30)31)17-7-9-18(10-8-17)42-19-5-2-6-20(12-19)43-26(37,38)39/h1-12,21,41H,13-14H2/t21-/m1/s1. The van der Waals surface area contributed by atoms with E-state index in [2.05, 4.69) is 0 Å². The molecule has 17 heteroatoms. The minimum absolute atomic E-state index is 0.00486. The molecule has 236 valence electrons. The number of aliphatic hydroxyl groups is 1. The van der Waals surface area contributed by atoms with Crippen molar-refractivity contribution in [1.29, 1.82) is 0 Å². The molecule has 1 N–H and O–H groups in total. The average molecular weight is 655 g/mol. The predicted octanol–water partition coefficient (Wildman–Crippen LogP) is 9.31. The van der Waals surface area contributed by atoms with Crippen LogP contribution >= 0.6 is 11.8 Å². The molecule has 0 bridgehead atoms. The number of aliphatic hydroxyl groups excluding tert-OH is 1. The van der Waals surface area contributed by atoms with Crippen LogP contribution in [-0.2, 0) is 12.5 Å². The lowest BCUT2D eigenvalue weighted by molar-refractivity contribution is -0.359. The van der Waals surface area contributed by atoms with Crippen LogP contribution in [0.25, 0.3) is 0 Å². The first-order valence-electron chi connectivity index (χ1n) is 11.7. The van der Waals surface area contributed by atoms with E-state index in [1.54, 1.807) is 0 Å². The van der Waals surface area contributed by atoms with Gasteiger partial charge in [-0.2, -0.15) is 57.1 Å². The van der Waals surface area contributed by atoms with Gasteiger partial charge in [0.15, 0.2) is 6.10 Å². The highest BCUT2D eigenvalue weighted by Gasteiger charge is 2.73. The second-order valence-electron chi connectivity index (χ2n) is 8.90. The number of halogens is 13. The lowest BCUT2D eigenvalue weighted by atomic mass is 9.99. The van der Waals surface area contributed by atoms with Crippen LogP contribution in [0.4, 0.5) is 62.8 Å². The molecule has 0 aliphatic rings. The van der Waals surface area contributed by atoms with Crippen molar-refractivity contribution in [3.63, 3.8) is 0 Å². The molecule has 1 atom stereocenters. The molecule has 3 aromatic rings. The number of nitrogens with zero attached hydrogens (tertiary/aromatic N) is 1. The monoisotopic (exact) mass is 655 g/mol. The van der Waals surface area contributed by atoms with Crippen molar-refractivity contribution in [2.75, 3.05) is 11.4 Å². The van der Waals surface area contributed by atoms with Crippen LogP contribution in [0.2, 0.25) is 0 Å². The van der Waals surface area contributed by atoms with Gasteiger partial charge in [-0.1, -0.05) is 24.3 Å². The number of ether oxygens (including phenoxy) is 1. The lowest BCUT2D eigenvalue weighted by Gasteiger charge is -2.30. The second kappa shape index (κ2) is 12.3. The van der Waals surface area contributed by atoms with E-state index in [4.69, 9.17) is 4.74 Å². The molecule has 0 fully saturated rings. The first-order valence-corrected chi connectivity index (χ1v) is 12.5. The molecule has 0 spiro atoms. The van der Waals surface area contributed by atoms with Gasteiger partial charge in [-0.15, -0.1) is 0 Å². The van der Waals surface area contributed by atoms with E-state index in [9.17, 15) is 62.2 Å². The number of benzene rings is 3. The summed E-state index contributed by atoms with van der Waals surface area (Å²) in [5.74, 6) is -12.2. The fourth-order valence-corrected chi connectivity index (χ4v) is 4.20.